The predicted molar refractivity (Wildman–Crippen MR) is 82.2 cm³/mol. The summed E-state index contributed by atoms with van der Waals surface area (Å²) < 4.78 is 0. The van der Waals surface area contributed by atoms with Crippen molar-refractivity contribution in [3.8, 4) is 0 Å². The van der Waals surface area contributed by atoms with Crippen molar-refractivity contribution < 1.29 is 9.90 Å². The molecule has 1 unspecified atom stereocenters. The molecule has 1 atom stereocenters. The molecule has 1 aliphatic rings. The summed E-state index contributed by atoms with van der Waals surface area (Å²) in [5.74, 6) is 0.921. The molecule has 4 heteroatoms. The van der Waals surface area contributed by atoms with E-state index in [0.717, 1.165) is 32.1 Å². The van der Waals surface area contributed by atoms with Gasteiger partial charge in [-0.2, -0.15) is 0 Å². The third-order valence-corrected chi connectivity index (χ3v) is 4.52. The van der Waals surface area contributed by atoms with Crippen LogP contribution in [0.15, 0.2) is 0 Å². The Labute approximate surface area is 123 Å². The Bertz CT molecular complexity index is 286. The summed E-state index contributed by atoms with van der Waals surface area (Å²) in [6, 6.07) is 0. The largest absolute Gasteiger partial charge is 0.396 e. The van der Waals surface area contributed by atoms with Crippen LogP contribution in [0, 0.1) is 17.3 Å². The molecule has 1 fully saturated rings. The van der Waals surface area contributed by atoms with Gasteiger partial charge >= 0.3 is 0 Å². The van der Waals surface area contributed by atoms with Crippen LogP contribution in [0.1, 0.15) is 58.8 Å². The molecule has 0 aliphatic heterocycles. The van der Waals surface area contributed by atoms with Gasteiger partial charge in [0.15, 0.2) is 0 Å². The van der Waals surface area contributed by atoms with Gasteiger partial charge in [-0.25, -0.2) is 0 Å². The van der Waals surface area contributed by atoms with Crippen molar-refractivity contribution in [2.24, 2.45) is 23.0 Å². The van der Waals surface area contributed by atoms with Gasteiger partial charge in [-0.05, 0) is 37.6 Å². The van der Waals surface area contributed by atoms with Crippen LogP contribution in [0.2, 0.25) is 0 Å². The number of carbonyl (C=O) groups excluding carboxylic acids is 1. The minimum atomic E-state index is -0.0792. The molecule has 0 saturated heterocycles. The predicted octanol–water partition coefficient (Wildman–Crippen LogP) is 2.06. The molecule has 0 heterocycles. The average Bonchev–Trinajstić information content (AvgIpc) is 2.45. The number of nitrogens with one attached hydrogen (secondary N) is 1. The van der Waals surface area contributed by atoms with Crippen LogP contribution in [0.3, 0.4) is 0 Å². The minimum absolute atomic E-state index is 0.0792. The van der Waals surface area contributed by atoms with Crippen molar-refractivity contribution in [3.63, 3.8) is 0 Å². The number of rotatable bonds is 8. The van der Waals surface area contributed by atoms with Crippen LogP contribution in [-0.2, 0) is 4.79 Å². The SMILES string of the molecule is CC(C)CC(CN)CC(=O)NCC1(CO)CCCCC1. The Morgan fingerprint density at radius 2 is 1.95 bits per heavy atom. The lowest BCUT2D eigenvalue weighted by Gasteiger charge is -2.35. The van der Waals surface area contributed by atoms with Gasteiger partial charge in [0.2, 0.25) is 5.91 Å². The second kappa shape index (κ2) is 8.63. The van der Waals surface area contributed by atoms with E-state index in [0.29, 0.717) is 25.4 Å². The number of nitrogens with two attached hydrogens (primary N) is 1. The molecule has 20 heavy (non-hydrogen) atoms. The summed E-state index contributed by atoms with van der Waals surface area (Å²) in [5.41, 5.74) is 5.66. The van der Waals surface area contributed by atoms with E-state index in [1.54, 1.807) is 0 Å². The first-order valence-electron chi connectivity index (χ1n) is 8.09. The van der Waals surface area contributed by atoms with Gasteiger partial charge in [0.1, 0.15) is 0 Å². The Balaban J connectivity index is 2.37. The summed E-state index contributed by atoms with van der Waals surface area (Å²) in [4.78, 5) is 12.0. The van der Waals surface area contributed by atoms with E-state index in [4.69, 9.17) is 5.73 Å². The maximum Gasteiger partial charge on any atom is 0.220 e. The summed E-state index contributed by atoms with van der Waals surface area (Å²) in [5, 5.41) is 12.7. The molecule has 0 aromatic rings. The Kier molecular flexibility index (Phi) is 7.52. The first-order chi connectivity index (χ1) is 9.51. The quantitative estimate of drug-likeness (QED) is 0.638. The van der Waals surface area contributed by atoms with Crippen LogP contribution < -0.4 is 11.1 Å². The van der Waals surface area contributed by atoms with E-state index in [1.807, 2.05) is 0 Å². The lowest BCUT2D eigenvalue weighted by Crippen LogP contribution is -2.42. The second-order valence-corrected chi connectivity index (χ2v) is 6.93. The lowest BCUT2D eigenvalue weighted by atomic mass is 9.74. The number of aliphatic hydroxyl groups is 1. The lowest BCUT2D eigenvalue weighted by molar-refractivity contribution is -0.122. The van der Waals surface area contributed by atoms with Crippen LogP contribution in [0.5, 0.6) is 0 Å². The topological polar surface area (TPSA) is 75.4 Å². The van der Waals surface area contributed by atoms with E-state index in [1.165, 1.54) is 6.42 Å². The molecule has 1 rings (SSSR count). The van der Waals surface area contributed by atoms with Crippen molar-refractivity contribution in [1.29, 1.82) is 0 Å². The standard InChI is InChI=1S/C16H32N2O2/c1-13(2)8-14(10-17)9-15(20)18-11-16(12-19)6-4-3-5-7-16/h13-14,19H,3-12,17H2,1-2H3,(H,18,20). The number of aliphatic hydroxyl groups excluding tert-OH is 1. The molecule has 0 aromatic heterocycles. The number of carbonyl (C=O) groups is 1. The van der Waals surface area contributed by atoms with Gasteiger partial charge < -0.3 is 16.2 Å². The molecule has 1 aliphatic carbocycles. The molecule has 1 amide bonds. The molecule has 4 N–H and O–H groups in total. The summed E-state index contributed by atoms with van der Waals surface area (Å²) in [7, 11) is 0. The molecular weight excluding hydrogens is 252 g/mol. The molecule has 118 valence electrons. The zero-order valence-corrected chi connectivity index (χ0v) is 13.2. The van der Waals surface area contributed by atoms with Gasteiger partial charge in [-0.1, -0.05) is 33.1 Å². The van der Waals surface area contributed by atoms with Gasteiger partial charge in [-0.3, -0.25) is 4.79 Å². The third-order valence-electron chi connectivity index (χ3n) is 4.52. The average molecular weight is 284 g/mol. The first-order valence-corrected chi connectivity index (χ1v) is 8.09. The highest BCUT2D eigenvalue weighted by molar-refractivity contribution is 5.76. The smallest absolute Gasteiger partial charge is 0.220 e. The highest BCUT2D eigenvalue weighted by atomic mass is 16.3. The molecule has 0 bridgehead atoms. The monoisotopic (exact) mass is 284 g/mol. The highest BCUT2D eigenvalue weighted by Gasteiger charge is 2.31. The molecule has 0 radical (unpaired) electrons. The fourth-order valence-electron chi connectivity index (χ4n) is 3.24. The van der Waals surface area contributed by atoms with Gasteiger partial charge in [0.25, 0.3) is 0 Å². The van der Waals surface area contributed by atoms with Crippen LogP contribution in [0.25, 0.3) is 0 Å². The maximum atomic E-state index is 12.0. The van der Waals surface area contributed by atoms with Gasteiger partial charge in [0, 0.05) is 18.4 Å². The Hall–Kier alpha value is -0.610. The van der Waals surface area contributed by atoms with Gasteiger partial charge in [0.05, 0.1) is 6.61 Å². The number of hydrogen-bond acceptors (Lipinski definition) is 3. The molecular formula is C16H32N2O2. The second-order valence-electron chi connectivity index (χ2n) is 6.93. The highest BCUT2D eigenvalue weighted by Crippen LogP contribution is 2.35. The van der Waals surface area contributed by atoms with E-state index in [-0.39, 0.29) is 23.8 Å². The molecule has 4 nitrogen and oxygen atoms in total. The van der Waals surface area contributed by atoms with E-state index in [9.17, 15) is 9.90 Å². The summed E-state index contributed by atoms with van der Waals surface area (Å²) in [6.45, 7) is 5.67. The van der Waals surface area contributed by atoms with Crippen LogP contribution >= 0.6 is 0 Å². The zero-order valence-electron chi connectivity index (χ0n) is 13.2. The van der Waals surface area contributed by atoms with Gasteiger partial charge in [-0.15, -0.1) is 0 Å². The normalized spacial score (nSPS) is 19.9. The molecule has 0 aromatic carbocycles. The van der Waals surface area contributed by atoms with E-state index in [2.05, 4.69) is 19.2 Å². The van der Waals surface area contributed by atoms with Crippen molar-refractivity contribution in [3.05, 3.63) is 0 Å². The first kappa shape index (κ1) is 17.4. The molecule has 1 saturated carbocycles. The number of amides is 1. The Morgan fingerprint density at radius 1 is 1.30 bits per heavy atom. The van der Waals surface area contributed by atoms with E-state index >= 15 is 0 Å². The summed E-state index contributed by atoms with van der Waals surface area (Å²) >= 11 is 0. The van der Waals surface area contributed by atoms with Crippen molar-refractivity contribution in [1.82, 2.24) is 5.32 Å². The van der Waals surface area contributed by atoms with E-state index < -0.39 is 0 Å². The number of hydrogen-bond donors (Lipinski definition) is 3. The van der Waals surface area contributed by atoms with Crippen molar-refractivity contribution in [2.45, 2.75) is 58.8 Å². The minimum Gasteiger partial charge on any atom is -0.396 e. The summed E-state index contributed by atoms with van der Waals surface area (Å²) in [6.07, 6.45) is 7.13. The fraction of sp³-hybridized carbons (Fsp3) is 0.938. The van der Waals surface area contributed by atoms with Crippen molar-refractivity contribution >= 4 is 5.91 Å². The molecule has 0 spiro atoms. The Morgan fingerprint density at radius 3 is 2.45 bits per heavy atom. The fourth-order valence-corrected chi connectivity index (χ4v) is 3.24. The zero-order chi connectivity index (χ0) is 15.0. The van der Waals surface area contributed by atoms with Crippen molar-refractivity contribution in [2.75, 3.05) is 19.7 Å². The maximum absolute atomic E-state index is 12.0. The van der Waals surface area contributed by atoms with Crippen LogP contribution in [-0.4, -0.2) is 30.7 Å². The third kappa shape index (κ3) is 5.80. The van der Waals surface area contributed by atoms with Crippen LogP contribution in [0.4, 0.5) is 0 Å².